The Morgan fingerprint density at radius 1 is 0.553 bits per heavy atom. The molecular formula is C30H30O8. The zero-order valence-corrected chi connectivity index (χ0v) is 22.7. The number of carbonyl (C=O) groups is 2. The maximum atomic E-state index is 12.3. The van der Waals surface area contributed by atoms with Gasteiger partial charge in [0.15, 0.2) is 11.5 Å². The second-order valence-corrected chi connectivity index (χ2v) is 9.18. The van der Waals surface area contributed by atoms with Crippen LogP contribution in [0.5, 0.6) is 23.0 Å². The average molecular weight is 519 g/mol. The number of benzene rings is 4. The highest BCUT2D eigenvalue weighted by molar-refractivity contribution is 6.13. The first-order valence-electron chi connectivity index (χ1n) is 11.9. The Hall–Kier alpha value is -4.46. The SMILES string of the molecule is COc1cc2c(OC)c(-c3c(C)cc4c(C(=O)O)c(C)c(C)cc4c3OC)c(C)cc2c(C(=O)O)c1OC. The summed E-state index contributed by atoms with van der Waals surface area (Å²) in [4.78, 5) is 24.6. The zero-order chi connectivity index (χ0) is 28.0. The Bertz CT molecular complexity index is 1650. The predicted octanol–water partition coefficient (Wildman–Crippen LogP) is 6.32. The molecule has 8 heteroatoms. The lowest BCUT2D eigenvalue weighted by atomic mass is 9.86. The van der Waals surface area contributed by atoms with Gasteiger partial charge in [-0.15, -0.1) is 0 Å². The highest BCUT2D eigenvalue weighted by Gasteiger charge is 2.28. The molecular weight excluding hydrogens is 488 g/mol. The lowest BCUT2D eigenvalue weighted by molar-refractivity contribution is 0.0685. The van der Waals surface area contributed by atoms with Crippen LogP contribution in [0.1, 0.15) is 43.0 Å². The number of hydrogen-bond acceptors (Lipinski definition) is 6. The predicted molar refractivity (Wildman–Crippen MR) is 146 cm³/mol. The van der Waals surface area contributed by atoms with Crippen molar-refractivity contribution in [1.29, 1.82) is 0 Å². The van der Waals surface area contributed by atoms with Gasteiger partial charge in [0.25, 0.3) is 0 Å². The topological polar surface area (TPSA) is 112 Å². The van der Waals surface area contributed by atoms with E-state index in [1.807, 2.05) is 32.9 Å². The van der Waals surface area contributed by atoms with Gasteiger partial charge >= 0.3 is 11.9 Å². The van der Waals surface area contributed by atoms with Gasteiger partial charge in [-0.3, -0.25) is 0 Å². The molecule has 0 aliphatic heterocycles. The van der Waals surface area contributed by atoms with Crippen molar-refractivity contribution in [2.24, 2.45) is 0 Å². The molecule has 0 radical (unpaired) electrons. The lowest BCUT2D eigenvalue weighted by Crippen LogP contribution is -2.07. The van der Waals surface area contributed by atoms with Gasteiger partial charge in [0.2, 0.25) is 0 Å². The fourth-order valence-corrected chi connectivity index (χ4v) is 5.36. The Kier molecular flexibility index (Phi) is 6.84. The fourth-order valence-electron chi connectivity index (χ4n) is 5.36. The summed E-state index contributed by atoms with van der Waals surface area (Å²) in [7, 11) is 5.91. The quantitative estimate of drug-likeness (QED) is 0.292. The minimum absolute atomic E-state index is 0.0331. The van der Waals surface area contributed by atoms with Crippen LogP contribution >= 0.6 is 0 Å². The minimum Gasteiger partial charge on any atom is -0.495 e. The summed E-state index contributed by atoms with van der Waals surface area (Å²) in [5.74, 6) is -0.853. The third kappa shape index (κ3) is 3.84. The number of carboxylic acid groups (broad SMARTS) is 2. The number of ether oxygens (including phenoxy) is 4. The summed E-state index contributed by atoms with van der Waals surface area (Å²) in [6.45, 7) is 7.42. The summed E-state index contributed by atoms with van der Waals surface area (Å²) in [6, 6.07) is 7.26. The normalized spacial score (nSPS) is 11.1. The molecule has 4 aromatic rings. The monoisotopic (exact) mass is 518 g/mol. The van der Waals surface area contributed by atoms with Gasteiger partial charge in [0, 0.05) is 32.7 Å². The standard InChI is InChI=1S/C30H30O8/c1-13-9-19-17(24(16(13)4)29(31)32)10-14(2)22(26(19)36-6)23-15(3)11-18-20(27(23)37-7)12-21(35-5)28(38-8)25(18)30(33)34/h9-12H,1-8H3,(H,31,32)(H,33,34). The Morgan fingerprint density at radius 2 is 0.974 bits per heavy atom. The van der Waals surface area contributed by atoms with Crippen LogP contribution < -0.4 is 18.9 Å². The van der Waals surface area contributed by atoms with E-state index in [0.717, 1.165) is 22.3 Å². The Morgan fingerprint density at radius 3 is 1.39 bits per heavy atom. The summed E-state index contributed by atoms with van der Waals surface area (Å²) in [5.41, 5.74) is 4.67. The van der Waals surface area contributed by atoms with Crippen molar-refractivity contribution in [2.75, 3.05) is 28.4 Å². The van der Waals surface area contributed by atoms with Gasteiger partial charge in [-0.25, -0.2) is 9.59 Å². The zero-order valence-electron chi connectivity index (χ0n) is 22.7. The molecule has 4 aromatic carbocycles. The Balaban J connectivity index is 2.24. The van der Waals surface area contributed by atoms with E-state index >= 15 is 0 Å². The van der Waals surface area contributed by atoms with E-state index in [1.165, 1.54) is 21.3 Å². The molecule has 0 spiro atoms. The smallest absolute Gasteiger partial charge is 0.340 e. The molecule has 0 saturated heterocycles. The van der Waals surface area contributed by atoms with Crippen molar-refractivity contribution in [2.45, 2.75) is 27.7 Å². The van der Waals surface area contributed by atoms with E-state index in [-0.39, 0.29) is 22.6 Å². The van der Waals surface area contributed by atoms with Crippen LogP contribution in [0, 0.1) is 27.7 Å². The molecule has 0 amide bonds. The molecule has 0 aliphatic carbocycles. The van der Waals surface area contributed by atoms with E-state index in [2.05, 4.69) is 0 Å². The number of rotatable bonds is 7. The minimum atomic E-state index is -1.16. The number of aryl methyl sites for hydroxylation is 3. The summed E-state index contributed by atoms with van der Waals surface area (Å²) >= 11 is 0. The first-order valence-corrected chi connectivity index (χ1v) is 11.9. The Labute approximate surface area is 220 Å². The number of hydrogen-bond donors (Lipinski definition) is 2. The van der Waals surface area contributed by atoms with Gasteiger partial charge < -0.3 is 29.2 Å². The molecule has 0 saturated carbocycles. The first kappa shape index (κ1) is 26.6. The van der Waals surface area contributed by atoms with Crippen LogP contribution in [0.25, 0.3) is 32.7 Å². The summed E-state index contributed by atoms with van der Waals surface area (Å²) in [5, 5.41) is 22.3. The van der Waals surface area contributed by atoms with Crippen LogP contribution in [-0.2, 0) is 0 Å². The fraction of sp³-hybridized carbons (Fsp3) is 0.267. The van der Waals surface area contributed by atoms with Crippen molar-refractivity contribution < 1.29 is 38.7 Å². The average Bonchev–Trinajstić information content (AvgIpc) is 2.87. The number of carboxylic acids is 2. The molecule has 8 nitrogen and oxygen atoms in total. The molecule has 2 N–H and O–H groups in total. The molecule has 0 aliphatic rings. The third-order valence-electron chi connectivity index (χ3n) is 7.14. The maximum Gasteiger partial charge on any atom is 0.340 e. The van der Waals surface area contributed by atoms with Crippen LogP contribution in [0.3, 0.4) is 0 Å². The van der Waals surface area contributed by atoms with E-state index in [9.17, 15) is 19.8 Å². The molecule has 0 heterocycles. The maximum absolute atomic E-state index is 12.3. The molecule has 0 aromatic heterocycles. The van der Waals surface area contributed by atoms with Crippen molar-refractivity contribution in [3.8, 4) is 34.1 Å². The van der Waals surface area contributed by atoms with E-state index < -0.39 is 11.9 Å². The highest BCUT2D eigenvalue weighted by Crippen LogP contribution is 2.50. The number of methoxy groups -OCH3 is 4. The molecule has 0 fully saturated rings. The van der Waals surface area contributed by atoms with Crippen molar-refractivity contribution in [3.05, 3.63) is 57.6 Å². The van der Waals surface area contributed by atoms with Gasteiger partial charge in [0.05, 0.1) is 34.0 Å². The van der Waals surface area contributed by atoms with Gasteiger partial charge in [-0.2, -0.15) is 0 Å². The summed E-state index contributed by atoms with van der Waals surface area (Å²) < 4.78 is 22.8. The lowest BCUT2D eigenvalue weighted by Gasteiger charge is -2.23. The molecule has 0 bridgehead atoms. The molecule has 0 unspecified atom stereocenters. The summed E-state index contributed by atoms with van der Waals surface area (Å²) in [6.07, 6.45) is 0. The van der Waals surface area contributed by atoms with Crippen molar-refractivity contribution in [3.63, 3.8) is 0 Å². The van der Waals surface area contributed by atoms with Crippen molar-refractivity contribution >= 4 is 33.5 Å². The number of fused-ring (bicyclic) bond motifs is 2. The van der Waals surface area contributed by atoms with E-state index in [1.54, 1.807) is 26.2 Å². The molecule has 0 atom stereocenters. The second-order valence-electron chi connectivity index (χ2n) is 9.18. The second kappa shape index (κ2) is 9.78. The van der Waals surface area contributed by atoms with E-state index in [0.29, 0.717) is 44.2 Å². The largest absolute Gasteiger partial charge is 0.495 e. The van der Waals surface area contributed by atoms with Gasteiger partial charge in [0.1, 0.15) is 17.1 Å². The van der Waals surface area contributed by atoms with Crippen LogP contribution in [-0.4, -0.2) is 50.6 Å². The van der Waals surface area contributed by atoms with E-state index in [4.69, 9.17) is 18.9 Å². The van der Waals surface area contributed by atoms with Crippen LogP contribution in [0.2, 0.25) is 0 Å². The van der Waals surface area contributed by atoms with Gasteiger partial charge in [-0.1, -0.05) is 0 Å². The third-order valence-corrected chi connectivity index (χ3v) is 7.14. The van der Waals surface area contributed by atoms with Crippen molar-refractivity contribution in [1.82, 2.24) is 0 Å². The van der Waals surface area contributed by atoms with Crippen LogP contribution in [0.15, 0.2) is 24.3 Å². The molecule has 198 valence electrons. The molecule has 38 heavy (non-hydrogen) atoms. The van der Waals surface area contributed by atoms with Crippen LogP contribution in [0.4, 0.5) is 0 Å². The van der Waals surface area contributed by atoms with Gasteiger partial charge in [-0.05, 0) is 74.2 Å². The highest BCUT2D eigenvalue weighted by atomic mass is 16.5. The molecule has 4 rings (SSSR count). The first-order chi connectivity index (χ1) is 18.0. The number of aromatic carboxylic acids is 2.